The third-order valence-electron chi connectivity index (χ3n) is 5.46. The number of carbonyl (C=O) groups excluding carboxylic acids is 1. The summed E-state index contributed by atoms with van der Waals surface area (Å²) in [7, 11) is -3.45. The molecule has 32 heavy (non-hydrogen) atoms. The highest BCUT2D eigenvalue weighted by molar-refractivity contribution is 7.89. The zero-order valence-corrected chi connectivity index (χ0v) is 18.5. The Hall–Kier alpha value is -3.23. The summed E-state index contributed by atoms with van der Waals surface area (Å²) in [6, 6.07) is 11.9. The monoisotopic (exact) mass is 452 g/mol. The van der Waals surface area contributed by atoms with Crippen molar-refractivity contribution in [3.8, 4) is 0 Å². The summed E-state index contributed by atoms with van der Waals surface area (Å²) in [6.07, 6.45) is 5.81. The van der Waals surface area contributed by atoms with Gasteiger partial charge in [0.1, 0.15) is 11.8 Å². The minimum Gasteiger partial charge on any atom is -0.463 e. The molecule has 2 aromatic carbocycles. The molecule has 2 heterocycles. The molecule has 0 atom stereocenters. The van der Waals surface area contributed by atoms with Gasteiger partial charge in [-0.2, -0.15) is 4.31 Å². The normalized spacial score (nSPS) is 14.9. The predicted octanol–water partition coefficient (Wildman–Crippen LogP) is 3.22. The number of amides is 1. The quantitative estimate of drug-likeness (QED) is 0.580. The summed E-state index contributed by atoms with van der Waals surface area (Å²) >= 11 is 0. The third kappa shape index (κ3) is 4.66. The molecule has 0 unspecified atom stereocenters. The molecular weight excluding hydrogens is 428 g/mol. The van der Waals surface area contributed by atoms with Crippen LogP contribution in [-0.4, -0.2) is 31.7 Å². The van der Waals surface area contributed by atoms with Gasteiger partial charge in [0.05, 0.1) is 15.8 Å². The van der Waals surface area contributed by atoms with Crippen LogP contribution in [0, 0.1) is 6.92 Å². The molecule has 8 heteroatoms. The first-order valence-electron chi connectivity index (χ1n) is 10.4. The van der Waals surface area contributed by atoms with E-state index >= 15 is 0 Å². The molecule has 4 rings (SSSR count). The van der Waals surface area contributed by atoms with Gasteiger partial charge < -0.3 is 9.73 Å². The molecule has 7 nitrogen and oxygen atoms in total. The predicted molar refractivity (Wildman–Crippen MR) is 123 cm³/mol. The van der Waals surface area contributed by atoms with Crippen molar-refractivity contribution in [1.82, 2.24) is 9.62 Å². The minimum atomic E-state index is -3.45. The minimum absolute atomic E-state index is 0.200. The Labute approximate surface area is 186 Å². The first-order chi connectivity index (χ1) is 15.3. The number of benzene rings is 2. The van der Waals surface area contributed by atoms with Gasteiger partial charge in [-0.1, -0.05) is 23.8 Å². The van der Waals surface area contributed by atoms with Gasteiger partial charge in [0, 0.05) is 25.7 Å². The molecule has 0 radical (unpaired) electrons. The first kappa shape index (κ1) is 22.0. The maximum absolute atomic E-state index is 12.6. The highest BCUT2D eigenvalue weighted by atomic mass is 32.2. The van der Waals surface area contributed by atoms with Crippen molar-refractivity contribution >= 4 is 33.0 Å². The molecule has 166 valence electrons. The molecule has 1 aliphatic rings. The Morgan fingerprint density at radius 3 is 2.56 bits per heavy atom. The van der Waals surface area contributed by atoms with Gasteiger partial charge in [-0.25, -0.2) is 8.42 Å². The Kier molecular flexibility index (Phi) is 6.25. The van der Waals surface area contributed by atoms with Crippen molar-refractivity contribution in [2.24, 2.45) is 0 Å². The van der Waals surface area contributed by atoms with E-state index in [1.165, 1.54) is 22.7 Å². The molecule has 1 N–H and O–H groups in total. The van der Waals surface area contributed by atoms with Crippen LogP contribution in [0.2, 0.25) is 0 Å². The van der Waals surface area contributed by atoms with E-state index in [4.69, 9.17) is 4.42 Å². The molecule has 1 amide bonds. The van der Waals surface area contributed by atoms with Crippen molar-refractivity contribution in [3.63, 3.8) is 0 Å². The number of hydrogen-bond donors (Lipinski definition) is 1. The number of carbonyl (C=O) groups is 1. The fourth-order valence-electron chi connectivity index (χ4n) is 3.65. The van der Waals surface area contributed by atoms with E-state index < -0.39 is 10.0 Å². The van der Waals surface area contributed by atoms with Crippen LogP contribution < -0.4 is 10.7 Å². The van der Waals surface area contributed by atoms with Gasteiger partial charge in [-0.05, 0) is 55.7 Å². The van der Waals surface area contributed by atoms with E-state index in [1.54, 1.807) is 36.4 Å². The summed E-state index contributed by atoms with van der Waals surface area (Å²) in [4.78, 5) is 25.0. The van der Waals surface area contributed by atoms with Crippen LogP contribution in [0.5, 0.6) is 0 Å². The lowest BCUT2D eigenvalue weighted by atomic mass is 10.1. The molecule has 0 aliphatic carbocycles. The van der Waals surface area contributed by atoms with Gasteiger partial charge in [0.2, 0.25) is 15.9 Å². The number of sulfonamides is 1. The Bertz CT molecular complexity index is 1340. The highest BCUT2D eigenvalue weighted by Gasteiger charge is 2.26. The first-order valence-corrected chi connectivity index (χ1v) is 11.9. The number of nitrogens with one attached hydrogen (secondary N) is 1. The molecule has 0 bridgehead atoms. The Morgan fingerprint density at radius 2 is 1.84 bits per heavy atom. The molecule has 3 aromatic rings. The lowest BCUT2D eigenvalue weighted by molar-refractivity contribution is -0.116. The average molecular weight is 453 g/mol. The molecule has 0 spiro atoms. The molecule has 1 aliphatic heterocycles. The summed E-state index contributed by atoms with van der Waals surface area (Å²) in [5.74, 6) is -0.373. The van der Waals surface area contributed by atoms with Crippen LogP contribution in [0.15, 0.2) is 68.9 Å². The second-order valence-corrected chi connectivity index (χ2v) is 9.76. The maximum Gasteiger partial charge on any atom is 0.244 e. The fraction of sp³-hybridized carbons (Fsp3) is 0.250. The zero-order chi connectivity index (χ0) is 22.7. The van der Waals surface area contributed by atoms with E-state index in [0.717, 1.165) is 24.0 Å². The van der Waals surface area contributed by atoms with Gasteiger partial charge in [-0.15, -0.1) is 0 Å². The second kappa shape index (κ2) is 9.10. The number of rotatable bonds is 6. The van der Waals surface area contributed by atoms with Gasteiger partial charge >= 0.3 is 0 Å². The SMILES string of the molecule is Cc1ccc2occ(/C=C/C(=O)NCc3ccc(S(=O)(=O)N4CCCC4)cc3)c(=O)c2c1. The number of nitrogens with zero attached hydrogens (tertiary/aromatic N) is 1. The average Bonchev–Trinajstić information content (AvgIpc) is 3.34. The maximum atomic E-state index is 12.6. The number of hydrogen-bond acceptors (Lipinski definition) is 5. The van der Waals surface area contributed by atoms with Crippen molar-refractivity contribution in [1.29, 1.82) is 0 Å². The van der Waals surface area contributed by atoms with Crippen LogP contribution in [0.25, 0.3) is 17.0 Å². The van der Waals surface area contributed by atoms with Gasteiger partial charge in [0.15, 0.2) is 5.43 Å². The van der Waals surface area contributed by atoms with Crippen LogP contribution >= 0.6 is 0 Å². The van der Waals surface area contributed by atoms with Crippen molar-refractivity contribution < 1.29 is 17.6 Å². The standard InChI is InChI=1S/C24H24N2O5S/c1-17-4-10-22-21(14-17)24(28)19(16-31-22)7-11-23(27)25-15-18-5-8-20(9-6-18)32(29,30)26-12-2-3-13-26/h4-11,14,16H,2-3,12-13,15H2,1H3,(H,25,27)/b11-7+. The van der Waals surface area contributed by atoms with Gasteiger partial charge in [-0.3, -0.25) is 9.59 Å². The molecule has 1 aromatic heterocycles. The molecule has 0 saturated carbocycles. The fourth-order valence-corrected chi connectivity index (χ4v) is 5.16. The second-order valence-electron chi connectivity index (χ2n) is 7.83. The van der Waals surface area contributed by atoms with Crippen molar-refractivity contribution in [2.45, 2.75) is 31.2 Å². The van der Waals surface area contributed by atoms with Gasteiger partial charge in [0.25, 0.3) is 0 Å². The van der Waals surface area contributed by atoms with E-state index in [-0.39, 0.29) is 28.3 Å². The van der Waals surface area contributed by atoms with Crippen LogP contribution in [0.1, 0.15) is 29.5 Å². The van der Waals surface area contributed by atoms with E-state index in [2.05, 4.69) is 5.32 Å². The largest absolute Gasteiger partial charge is 0.463 e. The zero-order valence-electron chi connectivity index (χ0n) is 17.7. The topological polar surface area (TPSA) is 96.7 Å². The van der Waals surface area contributed by atoms with Crippen molar-refractivity contribution in [3.05, 3.63) is 81.7 Å². The number of fused-ring (bicyclic) bond motifs is 1. The summed E-state index contributed by atoms with van der Waals surface area (Å²) in [5.41, 5.74) is 2.30. The van der Waals surface area contributed by atoms with E-state index in [9.17, 15) is 18.0 Å². The highest BCUT2D eigenvalue weighted by Crippen LogP contribution is 2.21. The lowest BCUT2D eigenvalue weighted by Crippen LogP contribution is -2.27. The molecule has 1 saturated heterocycles. The number of aryl methyl sites for hydroxylation is 1. The molecule has 1 fully saturated rings. The van der Waals surface area contributed by atoms with Crippen LogP contribution in [0.3, 0.4) is 0 Å². The molecular formula is C24H24N2O5S. The summed E-state index contributed by atoms with van der Waals surface area (Å²) < 4.78 is 32.1. The van der Waals surface area contributed by atoms with E-state index in [0.29, 0.717) is 24.1 Å². The third-order valence-corrected chi connectivity index (χ3v) is 7.37. The van der Waals surface area contributed by atoms with E-state index in [1.807, 2.05) is 13.0 Å². The van der Waals surface area contributed by atoms with Crippen LogP contribution in [-0.2, 0) is 21.4 Å². The van der Waals surface area contributed by atoms with Crippen LogP contribution in [0.4, 0.5) is 0 Å². The Morgan fingerprint density at radius 1 is 1.12 bits per heavy atom. The summed E-state index contributed by atoms with van der Waals surface area (Å²) in [5, 5.41) is 3.20. The smallest absolute Gasteiger partial charge is 0.244 e. The lowest BCUT2D eigenvalue weighted by Gasteiger charge is -2.15. The van der Waals surface area contributed by atoms with Crippen molar-refractivity contribution in [2.75, 3.05) is 13.1 Å². The summed E-state index contributed by atoms with van der Waals surface area (Å²) in [6.45, 7) is 3.24. The Balaban J connectivity index is 1.39.